The highest BCUT2D eigenvalue weighted by Crippen LogP contribution is 2.26. The minimum atomic E-state index is 0.622. The molecule has 0 spiro atoms. The predicted molar refractivity (Wildman–Crippen MR) is 73.9 cm³/mol. The van der Waals surface area contributed by atoms with Crippen LogP contribution in [0.15, 0.2) is 24.5 Å². The van der Waals surface area contributed by atoms with E-state index in [4.69, 9.17) is 18.0 Å². The van der Waals surface area contributed by atoms with Crippen molar-refractivity contribution in [3.05, 3.63) is 30.1 Å². The van der Waals surface area contributed by atoms with E-state index in [9.17, 15) is 0 Å². The van der Waals surface area contributed by atoms with E-state index in [0.29, 0.717) is 4.99 Å². The smallest absolute Gasteiger partial charge is 0.0740 e. The van der Waals surface area contributed by atoms with Crippen molar-refractivity contribution >= 4 is 17.2 Å². The summed E-state index contributed by atoms with van der Waals surface area (Å²) in [6.07, 6.45) is 8.29. The maximum atomic E-state index is 5.56. The van der Waals surface area contributed by atoms with Gasteiger partial charge in [0.25, 0.3) is 0 Å². The monoisotopic (exact) mass is 249 g/mol. The Morgan fingerprint density at radius 3 is 2.88 bits per heavy atom. The van der Waals surface area contributed by atoms with Crippen LogP contribution in [0.25, 0.3) is 0 Å². The van der Waals surface area contributed by atoms with Gasteiger partial charge in [0, 0.05) is 37.9 Å². The fourth-order valence-electron chi connectivity index (χ4n) is 1.99. The molecular weight excluding hydrogens is 230 g/mol. The Hall–Kier alpha value is -1.00. The molecule has 0 aromatic carbocycles. The van der Waals surface area contributed by atoms with E-state index in [1.807, 2.05) is 18.5 Å². The highest BCUT2D eigenvalue weighted by atomic mass is 32.1. The number of hydrogen-bond donors (Lipinski definition) is 1. The van der Waals surface area contributed by atoms with Crippen LogP contribution in [0.5, 0.6) is 0 Å². The summed E-state index contributed by atoms with van der Waals surface area (Å²) in [4.78, 5) is 7.27. The quantitative estimate of drug-likeness (QED) is 0.748. The number of nitrogens with two attached hydrogens (primary N) is 1. The number of nitrogens with zero attached hydrogens (tertiary/aromatic N) is 2. The second-order valence-electron chi connectivity index (χ2n) is 4.59. The third kappa shape index (κ3) is 4.40. The van der Waals surface area contributed by atoms with Crippen LogP contribution in [0.1, 0.15) is 24.8 Å². The molecule has 1 saturated carbocycles. The molecule has 1 aliphatic carbocycles. The van der Waals surface area contributed by atoms with Crippen LogP contribution in [-0.4, -0.2) is 34.0 Å². The number of pyridine rings is 1. The van der Waals surface area contributed by atoms with E-state index in [-0.39, 0.29) is 0 Å². The summed E-state index contributed by atoms with van der Waals surface area (Å²) in [6.45, 7) is 2.08. The lowest BCUT2D eigenvalue weighted by molar-refractivity contribution is 0.274. The normalized spacial score (nSPS) is 15.1. The van der Waals surface area contributed by atoms with Crippen molar-refractivity contribution in [2.45, 2.75) is 31.7 Å². The molecule has 0 bridgehead atoms. The van der Waals surface area contributed by atoms with Crippen LogP contribution < -0.4 is 5.73 Å². The second-order valence-corrected chi connectivity index (χ2v) is 5.12. The zero-order valence-corrected chi connectivity index (χ0v) is 10.8. The maximum absolute atomic E-state index is 5.56. The molecule has 0 unspecified atom stereocenters. The predicted octanol–water partition coefficient (Wildman–Crippen LogP) is 1.76. The third-order valence-corrected chi connectivity index (χ3v) is 3.32. The lowest BCUT2D eigenvalue weighted by Crippen LogP contribution is -2.31. The van der Waals surface area contributed by atoms with Crippen molar-refractivity contribution in [3.63, 3.8) is 0 Å². The molecule has 1 aliphatic rings. The first kappa shape index (κ1) is 12.5. The van der Waals surface area contributed by atoms with E-state index in [2.05, 4.69) is 16.0 Å². The number of rotatable bonds is 7. The first-order valence-electron chi connectivity index (χ1n) is 6.17. The van der Waals surface area contributed by atoms with Crippen molar-refractivity contribution < 1.29 is 0 Å². The summed E-state index contributed by atoms with van der Waals surface area (Å²) < 4.78 is 0. The van der Waals surface area contributed by atoms with Gasteiger partial charge in [-0.25, -0.2) is 0 Å². The lowest BCUT2D eigenvalue weighted by atomic mass is 10.2. The van der Waals surface area contributed by atoms with E-state index in [1.165, 1.54) is 18.4 Å². The van der Waals surface area contributed by atoms with Crippen molar-refractivity contribution in [1.29, 1.82) is 0 Å². The number of hydrogen-bond acceptors (Lipinski definition) is 3. The van der Waals surface area contributed by atoms with Gasteiger partial charge in [0.1, 0.15) is 0 Å². The topological polar surface area (TPSA) is 42.1 Å². The molecule has 0 aliphatic heterocycles. The van der Waals surface area contributed by atoms with Gasteiger partial charge >= 0.3 is 0 Å². The number of thiocarbonyl (C=S) groups is 1. The Morgan fingerprint density at radius 1 is 1.47 bits per heavy atom. The van der Waals surface area contributed by atoms with Gasteiger partial charge in [-0.3, -0.25) is 9.88 Å². The molecule has 0 atom stereocenters. The second kappa shape index (κ2) is 6.07. The fraction of sp³-hybridized carbons (Fsp3) is 0.538. The van der Waals surface area contributed by atoms with Gasteiger partial charge in [0.2, 0.25) is 0 Å². The van der Waals surface area contributed by atoms with Gasteiger partial charge in [-0.05, 0) is 30.9 Å². The molecule has 1 aromatic heterocycles. The van der Waals surface area contributed by atoms with Crippen LogP contribution in [0.2, 0.25) is 0 Å². The zero-order chi connectivity index (χ0) is 12.1. The van der Waals surface area contributed by atoms with E-state index in [0.717, 1.165) is 32.0 Å². The lowest BCUT2D eigenvalue weighted by Gasteiger charge is -2.21. The molecule has 4 heteroatoms. The summed E-state index contributed by atoms with van der Waals surface area (Å²) in [5.74, 6) is 0. The first-order chi connectivity index (χ1) is 8.25. The van der Waals surface area contributed by atoms with Gasteiger partial charge in [-0.2, -0.15) is 0 Å². The van der Waals surface area contributed by atoms with E-state index >= 15 is 0 Å². The Kier molecular flexibility index (Phi) is 4.45. The van der Waals surface area contributed by atoms with Crippen molar-refractivity contribution in [2.75, 3.05) is 13.1 Å². The Morgan fingerprint density at radius 2 is 2.29 bits per heavy atom. The van der Waals surface area contributed by atoms with Gasteiger partial charge in [0.15, 0.2) is 0 Å². The fourth-order valence-corrected chi connectivity index (χ4v) is 2.08. The molecule has 92 valence electrons. The highest BCUT2D eigenvalue weighted by Gasteiger charge is 2.28. The zero-order valence-electron chi connectivity index (χ0n) is 10.0. The molecular formula is C13H19N3S. The summed E-state index contributed by atoms with van der Waals surface area (Å²) in [7, 11) is 0. The largest absolute Gasteiger partial charge is 0.393 e. The van der Waals surface area contributed by atoms with Crippen LogP contribution >= 0.6 is 12.2 Å². The highest BCUT2D eigenvalue weighted by molar-refractivity contribution is 7.80. The minimum absolute atomic E-state index is 0.622. The molecule has 3 nitrogen and oxygen atoms in total. The van der Waals surface area contributed by atoms with Crippen molar-refractivity contribution in [2.24, 2.45) is 5.73 Å². The standard InChI is InChI=1S/C13H19N3S/c14-13(17)6-9-16(12-3-4-12)8-5-11-2-1-7-15-10-11/h1-2,7,10,12H,3-6,8-9H2,(H2,14,17). The average molecular weight is 249 g/mol. The minimum Gasteiger partial charge on any atom is -0.393 e. The average Bonchev–Trinajstić information content (AvgIpc) is 3.14. The van der Waals surface area contributed by atoms with E-state index < -0.39 is 0 Å². The van der Waals surface area contributed by atoms with Gasteiger partial charge in [-0.1, -0.05) is 18.3 Å². The molecule has 17 heavy (non-hydrogen) atoms. The molecule has 1 fully saturated rings. The summed E-state index contributed by atoms with van der Waals surface area (Å²) in [6, 6.07) is 4.89. The van der Waals surface area contributed by atoms with Crippen LogP contribution in [-0.2, 0) is 6.42 Å². The van der Waals surface area contributed by atoms with E-state index in [1.54, 1.807) is 0 Å². The Balaban J connectivity index is 1.79. The maximum Gasteiger partial charge on any atom is 0.0740 e. The van der Waals surface area contributed by atoms with Crippen LogP contribution in [0, 0.1) is 0 Å². The van der Waals surface area contributed by atoms with Gasteiger partial charge in [0.05, 0.1) is 4.99 Å². The molecule has 1 aromatic rings. The third-order valence-electron chi connectivity index (χ3n) is 3.12. The van der Waals surface area contributed by atoms with Gasteiger partial charge in [-0.15, -0.1) is 0 Å². The molecule has 1 heterocycles. The van der Waals surface area contributed by atoms with Crippen LogP contribution in [0.4, 0.5) is 0 Å². The molecule has 2 N–H and O–H groups in total. The van der Waals surface area contributed by atoms with Gasteiger partial charge < -0.3 is 5.73 Å². The molecule has 0 saturated heterocycles. The van der Waals surface area contributed by atoms with Crippen molar-refractivity contribution in [3.8, 4) is 0 Å². The molecule has 0 radical (unpaired) electrons. The van der Waals surface area contributed by atoms with Crippen LogP contribution in [0.3, 0.4) is 0 Å². The Bertz CT molecular complexity index is 362. The molecule has 2 rings (SSSR count). The summed E-state index contributed by atoms with van der Waals surface area (Å²) in [5, 5.41) is 0. The molecule has 0 amide bonds. The SMILES string of the molecule is NC(=S)CCN(CCc1cccnc1)C1CC1. The summed E-state index contributed by atoms with van der Waals surface area (Å²) >= 11 is 4.94. The first-order valence-corrected chi connectivity index (χ1v) is 6.58. The van der Waals surface area contributed by atoms with Crippen molar-refractivity contribution in [1.82, 2.24) is 9.88 Å². The summed E-state index contributed by atoms with van der Waals surface area (Å²) in [5.41, 5.74) is 6.86. The number of aromatic nitrogens is 1. The Labute approximate surface area is 108 Å².